The molecule has 0 aliphatic heterocycles. The zero-order valence-corrected chi connectivity index (χ0v) is 11.1. The Balaban J connectivity index is 2.65. The van der Waals surface area contributed by atoms with Gasteiger partial charge in [-0.15, -0.1) is 0 Å². The first-order valence-electron chi connectivity index (χ1n) is 6.37. The number of anilines is 2. The molecule has 19 heavy (non-hydrogen) atoms. The smallest absolute Gasteiger partial charge is 0.370 e. The molecule has 1 aromatic rings. The van der Waals surface area contributed by atoms with Crippen LogP contribution in [0.3, 0.4) is 0 Å². The van der Waals surface area contributed by atoms with Crippen LogP contribution in [-0.2, 0) is 6.42 Å². The highest BCUT2D eigenvalue weighted by molar-refractivity contribution is 5.47. The van der Waals surface area contributed by atoms with Crippen LogP contribution in [0.5, 0.6) is 0 Å². The Morgan fingerprint density at radius 3 is 2.11 bits per heavy atom. The molecule has 1 heterocycles. The van der Waals surface area contributed by atoms with Crippen LogP contribution in [0.15, 0.2) is 6.07 Å². The summed E-state index contributed by atoms with van der Waals surface area (Å²) in [7, 11) is 0. The number of aryl methyl sites for hydroxylation is 1. The van der Waals surface area contributed by atoms with E-state index in [0.717, 1.165) is 13.0 Å². The minimum absolute atomic E-state index is 0.184. The lowest BCUT2D eigenvalue weighted by Gasteiger charge is -2.11. The van der Waals surface area contributed by atoms with E-state index in [1.165, 1.54) is 0 Å². The third kappa shape index (κ3) is 6.26. The summed E-state index contributed by atoms with van der Waals surface area (Å²) in [5, 5.41) is 5.78. The van der Waals surface area contributed by atoms with Crippen molar-refractivity contribution in [1.29, 1.82) is 0 Å². The molecule has 0 aliphatic rings. The van der Waals surface area contributed by atoms with E-state index < -0.39 is 12.6 Å². The van der Waals surface area contributed by atoms with E-state index in [9.17, 15) is 13.2 Å². The average Bonchev–Trinajstić information content (AvgIpc) is 2.34. The van der Waals surface area contributed by atoms with E-state index in [1.807, 2.05) is 13.8 Å². The van der Waals surface area contributed by atoms with Crippen molar-refractivity contribution in [1.82, 2.24) is 9.97 Å². The van der Waals surface area contributed by atoms with Crippen LogP contribution in [-0.4, -0.2) is 29.2 Å². The van der Waals surface area contributed by atoms with E-state index in [4.69, 9.17) is 0 Å². The van der Waals surface area contributed by atoms with Crippen LogP contribution in [0.4, 0.5) is 24.8 Å². The predicted octanol–water partition coefficient (Wildman–Crippen LogP) is 3.23. The minimum atomic E-state index is -4.16. The number of alkyl halides is 3. The Labute approximate surface area is 110 Å². The summed E-state index contributed by atoms with van der Waals surface area (Å²) in [6.07, 6.45) is -3.45. The number of halogens is 3. The van der Waals surface area contributed by atoms with Gasteiger partial charge in [-0.1, -0.05) is 13.8 Å². The van der Waals surface area contributed by atoms with Crippen molar-refractivity contribution >= 4 is 11.6 Å². The van der Waals surface area contributed by atoms with Gasteiger partial charge in [0, 0.05) is 25.6 Å². The first-order chi connectivity index (χ1) is 8.94. The number of hydrogen-bond donors (Lipinski definition) is 2. The summed E-state index contributed by atoms with van der Waals surface area (Å²) < 4.78 is 36.2. The third-order valence-corrected chi connectivity index (χ3v) is 2.36. The summed E-state index contributed by atoms with van der Waals surface area (Å²) in [5.41, 5.74) is 0. The molecule has 0 atom stereocenters. The molecule has 0 fully saturated rings. The number of nitrogens with one attached hydrogen (secondary N) is 2. The molecule has 0 saturated carbocycles. The molecule has 0 saturated heterocycles. The van der Waals surface area contributed by atoms with Crippen LogP contribution in [0.25, 0.3) is 0 Å². The largest absolute Gasteiger partial charge is 0.390 e. The summed E-state index contributed by atoms with van der Waals surface area (Å²) >= 11 is 0. The van der Waals surface area contributed by atoms with Gasteiger partial charge in [0.2, 0.25) is 0 Å². The van der Waals surface area contributed by atoms with E-state index in [2.05, 4.69) is 20.6 Å². The summed E-state index contributed by atoms with van der Waals surface area (Å²) in [6, 6.07) is 1.63. The maximum Gasteiger partial charge on any atom is 0.390 e. The van der Waals surface area contributed by atoms with Gasteiger partial charge in [-0.25, -0.2) is 9.97 Å². The number of aromatic nitrogens is 2. The van der Waals surface area contributed by atoms with Gasteiger partial charge in [0.15, 0.2) is 0 Å². The fraction of sp³-hybridized carbons (Fsp3) is 0.667. The second kappa shape index (κ2) is 7.16. The van der Waals surface area contributed by atoms with Crippen molar-refractivity contribution in [3.8, 4) is 0 Å². The second-order valence-electron chi connectivity index (χ2n) is 4.13. The minimum Gasteiger partial charge on any atom is -0.370 e. The average molecular weight is 276 g/mol. The van der Waals surface area contributed by atoms with Gasteiger partial charge in [0.1, 0.15) is 17.5 Å². The highest BCUT2D eigenvalue weighted by Crippen LogP contribution is 2.19. The molecular weight excluding hydrogens is 257 g/mol. The van der Waals surface area contributed by atoms with Crippen molar-refractivity contribution in [3.05, 3.63) is 11.9 Å². The highest BCUT2D eigenvalue weighted by Gasteiger charge is 2.26. The van der Waals surface area contributed by atoms with Crippen molar-refractivity contribution in [2.45, 2.75) is 39.3 Å². The molecule has 7 heteroatoms. The van der Waals surface area contributed by atoms with Crippen molar-refractivity contribution in [2.24, 2.45) is 0 Å². The van der Waals surface area contributed by atoms with Crippen LogP contribution in [0.1, 0.15) is 32.5 Å². The van der Waals surface area contributed by atoms with E-state index in [1.54, 1.807) is 6.07 Å². The fourth-order valence-electron chi connectivity index (χ4n) is 1.42. The zero-order chi connectivity index (χ0) is 14.3. The van der Waals surface area contributed by atoms with E-state index in [0.29, 0.717) is 23.9 Å². The van der Waals surface area contributed by atoms with Gasteiger partial charge >= 0.3 is 6.18 Å². The van der Waals surface area contributed by atoms with Gasteiger partial charge in [0.25, 0.3) is 0 Å². The monoisotopic (exact) mass is 276 g/mol. The Kier molecular flexibility index (Phi) is 5.85. The third-order valence-electron chi connectivity index (χ3n) is 2.36. The Morgan fingerprint density at radius 1 is 1.05 bits per heavy atom. The molecule has 0 unspecified atom stereocenters. The van der Waals surface area contributed by atoms with Crippen molar-refractivity contribution in [2.75, 3.05) is 23.7 Å². The number of nitrogens with zero attached hydrogens (tertiary/aromatic N) is 2. The summed E-state index contributed by atoms with van der Waals surface area (Å²) in [6.45, 7) is 4.51. The van der Waals surface area contributed by atoms with Gasteiger partial charge in [-0.2, -0.15) is 13.2 Å². The molecular formula is C12H19F3N4. The van der Waals surface area contributed by atoms with Crippen LogP contribution in [0.2, 0.25) is 0 Å². The number of hydrogen-bond acceptors (Lipinski definition) is 4. The maximum absolute atomic E-state index is 12.1. The standard InChI is InChI=1S/C12H19F3N4/c1-3-6-16-10-8-11(19-9(4-2)18-10)17-7-5-12(13,14)15/h8H,3-7H2,1-2H3,(H2,16,17,18,19). The Morgan fingerprint density at radius 2 is 1.63 bits per heavy atom. The molecule has 0 bridgehead atoms. The highest BCUT2D eigenvalue weighted by atomic mass is 19.4. The van der Waals surface area contributed by atoms with Gasteiger partial charge in [-0.05, 0) is 6.42 Å². The molecule has 0 spiro atoms. The quantitative estimate of drug-likeness (QED) is 0.802. The zero-order valence-electron chi connectivity index (χ0n) is 11.1. The number of rotatable bonds is 7. The van der Waals surface area contributed by atoms with Gasteiger partial charge in [0.05, 0.1) is 6.42 Å². The van der Waals surface area contributed by atoms with Gasteiger partial charge in [-0.3, -0.25) is 0 Å². The molecule has 1 aromatic heterocycles. The molecule has 2 N–H and O–H groups in total. The van der Waals surface area contributed by atoms with Crippen molar-refractivity contribution < 1.29 is 13.2 Å². The van der Waals surface area contributed by atoms with Crippen LogP contribution < -0.4 is 10.6 Å². The normalized spacial score (nSPS) is 11.4. The van der Waals surface area contributed by atoms with Crippen LogP contribution in [0, 0.1) is 0 Å². The Hall–Kier alpha value is -1.53. The fourth-order valence-corrected chi connectivity index (χ4v) is 1.42. The topological polar surface area (TPSA) is 49.8 Å². The molecule has 0 radical (unpaired) electrons. The molecule has 0 amide bonds. The van der Waals surface area contributed by atoms with E-state index >= 15 is 0 Å². The predicted molar refractivity (Wildman–Crippen MR) is 69.4 cm³/mol. The first-order valence-corrected chi connectivity index (χ1v) is 6.37. The summed E-state index contributed by atoms with van der Waals surface area (Å²) in [5.74, 6) is 1.67. The molecule has 0 aliphatic carbocycles. The molecule has 1 rings (SSSR count). The summed E-state index contributed by atoms with van der Waals surface area (Å²) in [4.78, 5) is 8.41. The van der Waals surface area contributed by atoms with Crippen LogP contribution >= 0.6 is 0 Å². The van der Waals surface area contributed by atoms with Gasteiger partial charge < -0.3 is 10.6 Å². The second-order valence-corrected chi connectivity index (χ2v) is 4.13. The Bertz CT molecular complexity index is 393. The SMILES string of the molecule is CCCNc1cc(NCCC(F)(F)F)nc(CC)n1. The molecule has 4 nitrogen and oxygen atoms in total. The maximum atomic E-state index is 12.1. The lowest BCUT2D eigenvalue weighted by atomic mass is 10.3. The first kappa shape index (κ1) is 15.5. The molecule has 108 valence electrons. The lowest BCUT2D eigenvalue weighted by molar-refractivity contribution is -0.131. The van der Waals surface area contributed by atoms with E-state index in [-0.39, 0.29) is 6.54 Å². The lowest BCUT2D eigenvalue weighted by Crippen LogP contribution is -2.16. The van der Waals surface area contributed by atoms with Crippen molar-refractivity contribution in [3.63, 3.8) is 0 Å². The molecule has 0 aromatic carbocycles.